The summed E-state index contributed by atoms with van der Waals surface area (Å²) in [5.41, 5.74) is 4.75. The largest absolute Gasteiger partial charge is 0.508 e. The Morgan fingerprint density at radius 1 is 0.508 bits per heavy atom. The number of rotatable bonds is 6. The van der Waals surface area contributed by atoms with Gasteiger partial charge in [-0.2, -0.15) is 0 Å². The van der Waals surface area contributed by atoms with Crippen LogP contribution >= 0.6 is 11.3 Å². The molecule has 15 heteroatoms. The average molecular weight is 818 g/mol. The van der Waals surface area contributed by atoms with E-state index in [1.54, 1.807) is 7.11 Å². The zero-order valence-electron chi connectivity index (χ0n) is 31.6. The highest BCUT2D eigenvalue weighted by molar-refractivity contribution is 7.27. The fourth-order valence-corrected chi connectivity index (χ4v) is 9.39. The van der Waals surface area contributed by atoms with Crippen molar-refractivity contribution in [3.63, 3.8) is 0 Å². The number of thiophene rings is 1. The molecule has 2 aliphatic heterocycles. The van der Waals surface area contributed by atoms with Gasteiger partial charge in [0.15, 0.2) is 40.5 Å². The van der Waals surface area contributed by atoms with Crippen molar-refractivity contribution in [3.8, 4) is 119 Å². The Kier molecular flexibility index (Phi) is 7.90. The standard InChI is InChI=1S/C46H26B2N3O9S/c1-58-25-10-6-5-9-24(25)21-13-17-23(18-14-21)45-49-44(22-15-11-20(12-16-22)19-7-3-2-4-8-19)50-46(51-45)30-34(52)33-29-27-26-28-32(48-33)37(55)36(54)31(47)40(28)59-60-41(26)38(56)39(57)42(27)61-43(29)35(30)53/h2-18,52-57H,1H3. The van der Waals surface area contributed by atoms with Gasteiger partial charge in [0.25, 0.3) is 0 Å². The minimum Gasteiger partial charge on any atom is -0.508 e. The Bertz CT molecular complexity index is 3340. The maximum Gasteiger partial charge on any atom is 0.232 e. The van der Waals surface area contributed by atoms with Crippen LogP contribution in [-0.4, -0.2) is 67.8 Å². The van der Waals surface area contributed by atoms with Crippen LogP contribution in [0.25, 0.3) is 87.7 Å². The first-order valence-corrected chi connectivity index (χ1v) is 19.6. The number of hydrogen-bond donors (Lipinski definition) is 6. The highest BCUT2D eigenvalue weighted by Crippen LogP contribution is 2.60. The molecule has 2 aliphatic rings. The van der Waals surface area contributed by atoms with E-state index in [0.717, 1.165) is 33.6 Å². The fraction of sp³-hybridized carbons (Fsp3) is 0.0217. The molecule has 0 spiro atoms. The lowest BCUT2D eigenvalue weighted by molar-refractivity contribution is -0.103. The van der Waals surface area contributed by atoms with E-state index < -0.39 is 34.5 Å². The molecule has 2 aromatic heterocycles. The van der Waals surface area contributed by atoms with Crippen LogP contribution in [0.15, 0.2) is 103 Å². The van der Waals surface area contributed by atoms with Crippen molar-refractivity contribution < 1.29 is 45.2 Å². The molecule has 0 bridgehead atoms. The fourth-order valence-electron chi connectivity index (χ4n) is 8.17. The van der Waals surface area contributed by atoms with Crippen LogP contribution in [0, 0.1) is 0 Å². The number of phenols is 6. The van der Waals surface area contributed by atoms with Crippen LogP contribution in [0.3, 0.4) is 0 Å². The molecule has 12 nitrogen and oxygen atoms in total. The molecule has 9 aromatic rings. The van der Waals surface area contributed by atoms with Crippen molar-refractivity contribution >= 4 is 63.0 Å². The highest BCUT2D eigenvalue weighted by Gasteiger charge is 2.40. The number of phenolic OH excluding ortho intramolecular Hbond substituents is 6. The van der Waals surface area contributed by atoms with Gasteiger partial charge < -0.3 is 35.4 Å². The van der Waals surface area contributed by atoms with E-state index in [2.05, 4.69) is 0 Å². The molecular formula is C46H26B2N3O9S. The lowest BCUT2D eigenvalue weighted by Crippen LogP contribution is -2.32. The Morgan fingerprint density at radius 2 is 1.08 bits per heavy atom. The summed E-state index contributed by atoms with van der Waals surface area (Å²) in [6.45, 7) is 0. The third-order valence-corrected chi connectivity index (χ3v) is 12.3. The monoisotopic (exact) mass is 818 g/mol. The molecule has 3 radical (unpaired) electrons. The number of para-hydroxylation sites is 1. The predicted octanol–water partition coefficient (Wildman–Crippen LogP) is 6.93. The van der Waals surface area contributed by atoms with Gasteiger partial charge in [-0.05, 0) is 39.1 Å². The molecule has 6 N–H and O–H groups in total. The predicted molar refractivity (Wildman–Crippen MR) is 234 cm³/mol. The quantitative estimate of drug-likeness (QED) is 0.0578. The molecular weight excluding hydrogens is 792 g/mol. The topological polar surface area (TPSA) is 188 Å². The molecule has 0 saturated heterocycles. The summed E-state index contributed by atoms with van der Waals surface area (Å²) < 4.78 is 5.89. The van der Waals surface area contributed by atoms with Crippen molar-refractivity contribution in [2.45, 2.75) is 0 Å². The van der Waals surface area contributed by atoms with Crippen molar-refractivity contribution in [2.24, 2.45) is 0 Å². The van der Waals surface area contributed by atoms with E-state index in [0.29, 0.717) is 16.9 Å². The summed E-state index contributed by atoms with van der Waals surface area (Å²) in [5.74, 6) is -2.93. The Morgan fingerprint density at radius 3 is 1.77 bits per heavy atom. The molecule has 0 amide bonds. The number of aromatic nitrogens is 3. The second-order valence-corrected chi connectivity index (χ2v) is 15.5. The van der Waals surface area contributed by atoms with Crippen molar-refractivity contribution in [2.75, 3.05) is 7.11 Å². The molecule has 4 heterocycles. The molecule has 61 heavy (non-hydrogen) atoms. The number of hydrogen-bond acceptors (Lipinski definition) is 13. The SMILES string of the molecule is [B]c1c(O)c(O)c2c3c1OOc1c(O)c(O)c4sc5c(O)c(-c6nc(-c7ccc(-c8ccccc8)cc7)nc(-c7ccc(-c8ccccc8OC)cc7)n6)c(O)c(c5c4c1-3)[B]2. The van der Waals surface area contributed by atoms with Gasteiger partial charge in [0.2, 0.25) is 18.8 Å². The van der Waals surface area contributed by atoms with E-state index >= 15 is 0 Å². The third-order valence-electron chi connectivity index (χ3n) is 11.1. The minimum absolute atomic E-state index is 0.0438. The van der Waals surface area contributed by atoms with Crippen molar-refractivity contribution in [3.05, 3.63) is 103 Å². The zero-order valence-corrected chi connectivity index (χ0v) is 32.4. The maximum atomic E-state index is 12.4. The number of aromatic hydroxyl groups is 6. The molecule has 0 atom stereocenters. The lowest BCUT2D eigenvalue weighted by atomic mass is 9.60. The zero-order chi connectivity index (χ0) is 41.8. The molecule has 11 rings (SSSR count). The van der Waals surface area contributed by atoms with Crippen LogP contribution in [0.1, 0.15) is 0 Å². The summed E-state index contributed by atoms with van der Waals surface area (Å²) in [5, 5.41) is 70.0. The summed E-state index contributed by atoms with van der Waals surface area (Å²) >= 11 is 0.940. The first-order chi connectivity index (χ1) is 29.6. The molecule has 0 fully saturated rings. The minimum atomic E-state index is -0.711. The van der Waals surface area contributed by atoms with E-state index in [-0.39, 0.29) is 82.2 Å². The van der Waals surface area contributed by atoms with Gasteiger partial charge in [-0.3, -0.25) is 9.78 Å². The van der Waals surface area contributed by atoms with Crippen molar-refractivity contribution in [1.29, 1.82) is 0 Å². The van der Waals surface area contributed by atoms with Gasteiger partial charge in [0.05, 0.1) is 16.5 Å². The second-order valence-electron chi connectivity index (χ2n) is 14.5. The highest BCUT2D eigenvalue weighted by atomic mass is 32.1. The van der Waals surface area contributed by atoms with E-state index in [1.165, 1.54) is 7.28 Å². The number of ether oxygens (including phenoxy) is 1. The van der Waals surface area contributed by atoms with Gasteiger partial charge in [-0.1, -0.05) is 97.1 Å². The summed E-state index contributed by atoms with van der Waals surface area (Å²) in [7, 11) is 9.19. The first kappa shape index (κ1) is 36.2. The van der Waals surface area contributed by atoms with E-state index in [9.17, 15) is 30.6 Å². The molecule has 7 aromatic carbocycles. The third kappa shape index (κ3) is 5.23. The second kappa shape index (κ2) is 13.3. The summed E-state index contributed by atoms with van der Waals surface area (Å²) in [6.07, 6.45) is 0. The summed E-state index contributed by atoms with van der Waals surface area (Å²) in [4.78, 5) is 25.4. The molecule has 291 valence electrons. The molecule has 0 aliphatic carbocycles. The van der Waals surface area contributed by atoms with Crippen LogP contribution in [0.4, 0.5) is 0 Å². The van der Waals surface area contributed by atoms with Crippen molar-refractivity contribution in [1.82, 2.24) is 15.0 Å². The average Bonchev–Trinajstić information content (AvgIpc) is 3.63. The van der Waals surface area contributed by atoms with Gasteiger partial charge in [0, 0.05) is 38.6 Å². The molecule has 0 saturated carbocycles. The normalized spacial score (nSPS) is 12.2. The number of benzene rings is 7. The van der Waals surface area contributed by atoms with Crippen LogP contribution in [0.5, 0.6) is 51.7 Å². The Balaban J connectivity index is 1.16. The van der Waals surface area contributed by atoms with E-state index in [4.69, 9.17) is 37.3 Å². The number of methoxy groups -OCH3 is 1. The van der Waals surface area contributed by atoms with Crippen LogP contribution < -0.4 is 30.9 Å². The Hall–Kier alpha value is -7.90. The Labute approximate surface area is 351 Å². The van der Waals surface area contributed by atoms with Gasteiger partial charge in [0.1, 0.15) is 30.7 Å². The smallest absolute Gasteiger partial charge is 0.232 e. The van der Waals surface area contributed by atoms with Crippen LogP contribution in [-0.2, 0) is 0 Å². The van der Waals surface area contributed by atoms with Crippen LogP contribution in [0.2, 0.25) is 0 Å². The maximum absolute atomic E-state index is 12.4. The lowest BCUT2D eigenvalue weighted by Gasteiger charge is -2.25. The van der Waals surface area contributed by atoms with Gasteiger partial charge in [-0.15, -0.1) is 11.3 Å². The van der Waals surface area contributed by atoms with Gasteiger partial charge >= 0.3 is 0 Å². The van der Waals surface area contributed by atoms with Gasteiger partial charge in [-0.25, -0.2) is 15.0 Å². The van der Waals surface area contributed by atoms with E-state index in [1.807, 2.05) is 103 Å². The number of nitrogens with zero attached hydrogens (tertiary/aromatic N) is 3. The molecule has 0 unspecified atom stereocenters. The summed E-state index contributed by atoms with van der Waals surface area (Å²) in [6, 6.07) is 32.7. The first-order valence-electron chi connectivity index (χ1n) is 18.8.